The summed E-state index contributed by atoms with van der Waals surface area (Å²) in [5, 5.41) is 11.7. The van der Waals surface area contributed by atoms with Crippen molar-refractivity contribution in [1.82, 2.24) is 9.13 Å². The molecule has 7 nitrogen and oxygen atoms in total. The lowest BCUT2D eigenvalue weighted by atomic mass is 10.2. The largest absolute Gasteiger partial charge is 0.495 e. The molecule has 0 N–H and O–H groups in total. The first-order valence-electron chi connectivity index (χ1n) is 8.33. The minimum Gasteiger partial charge on any atom is -0.495 e. The molecule has 0 saturated heterocycles. The van der Waals surface area contributed by atoms with Crippen molar-refractivity contribution in [2.45, 2.75) is 0 Å². The molecule has 1 heterocycles. The molecule has 0 amide bonds. The van der Waals surface area contributed by atoms with E-state index < -0.39 is 10.6 Å². The van der Waals surface area contributed by atoms with Gasteiger partial charge in [-0.2, -0.15) is 0 Å². The van der Waals surface area contributed by atoms with Crippen molar-refractivity contribution < 1.29 is 9.66 Å². The highest BCUT2D eigenvalue weighted by Crippen LogP contribution is 2.33. The second-order valence-corrected chi connectivity index (χ2v) is 6.83. The van der Waals surface area contributed by atoms with Gasteiger partial charge in [-0.15, -0.1) is 0 Å². The normalized spacial score (nSPS) is 10.9. The van der Waals surface area contributed by atoms with Gasteiger partial charge >= 0.3 is 11.4 Å². The fraction of sp³-hybridized carbons (Fsp3) is 0.0500. The summed E-state index contributed by atoms with van der Waals surface area (Å²) < 4.78 is 8.57. The van der Waals surface area contributed by atoms with Crippen LogP contribution in [0.1, 0.15) is 0 Å². The van der Waals surface area contributed by atoms with E-state index in [0.29, 0.717) is 26.9 Å². The molecule has 8 heteroatoms. The molecule has 4 rings (SSSR count). The van der Waals surface area contributed by atoms with Gasteiger partial charge in [0.2, 0.25) is 0 Å². The second-order valence-electron chi connectivity index (χ2n) is 5.98. The Morgan fingerprint density at radius 3 is 2.11 bits per heavy atom. The number of hydrogen-bond donors (Lipinski definition) is 0. The van der Waals surface area contributed by atoms with Crippen LogP contribution >= 0.6 is 15.9 Å². The highest BCUT2D eigenvalue weighted by molar-refractivity contribution is 9.10. The Balaban J connectivity index is 2.15. The van der Waals surface area contributed by atoms with Crippen LogP contribution in [0.15, 0.2) is 76.0 Å². The lowest BCUT2D eigenvalue weighted by molar-refractivity contribution is -0.385. The number of para-hydroxylation sites is 5. The van der Waals surface area contributed by atoms with Crippen molar-refractivity contribution in [3.8, 4) is 17.1 Å². The van der Waals surface area contributed by atoms with Crippen LogP contribution in [-0.4, -0.2) is 21.2 Å². The lowest BCUT2D eigenvalue weighted by Crippen LogP contribution is -2.23. The van der Waals surface area contributed by atoms with E-state index in [9.17, 15) is 14.9 Å². The molecule has 0 aliphatic heterocycles. The summed E-state index contributed by atoms with van der Waals surface area (Å²) in [4.78, 5) is 24.7. The van der Waals surface area contributed by atoms with Crippen LogP contribution in [0.4, 0.5) is 5.69 Å². The zero-order valence-electron chi connectivity index (χ0n) is 14.7. The van der Waals surface area contributed by atoms with E-state index in [1.165, 1.54) is 16.2 Å². The van der Waals surface area contributed by atoms with Crippen LogP contribution in [0.25, 0.3) is 22.4 Å². The van der Waals surface area contributed by atoms with Crippen LogP contribution in [-0.2, 0) is 0 Å². The minimum absolute atomic E-state index is 0.174. The van der Waals surface area contributed by atoms with Gasteiger partial charge in [-0.1, -0.05) is 30.3 Å². The lowest BCUT2D eigenvalue weighted by Gasteiger charge is -2.09. The van der Waals surface area contributed by atoms with Gasteiger partial charge < -0.3 is 4.74 Å². The van der Waals surface area contributed by atoms with Gasteiger partial charge in [0.25, 0.3) is 0 Å². The number of fused-ring (bicyclic) bond motifs is 1. The van der Waals surface area contributed by atoms with E-state index in [-0.39, 0.29) is 11.4 Å². The number of nitro benzene ring substituents is 1. The number of nitrogens with zero attached hydrogens (tertiary/aromatic N) is 3. The first-order chi connectivity index (χ1) is 13.5. The number of nitro groups is 1. The zero-order chi connectivity index (χ0) is 19.8. The molecule has 0 bridgehead atoms. The molecule has 0 fully saturated rings. The number of imidazole rings is 1. The minimum atomic E-state index is -0.499. The van der Waals surface area contributed by atoms with Gasteiger partial charge in [-0.3, -0.25) is 19.2 Å². The molecule has 0 radical (unpaired) electrons. The molecule has 4 aromatic rings. The van der Waals surface area contributed by atoms with E-state index in [2.05, 4.69) is 15.9 Å². The molecule has 3 aromatic carbocycles. The van der Waals surface area contributed by atoms with Gasteiger partial charge in [0.05, 0.1) is 33.2 Å². The van der Waals surface area contributed by atoms with E-state index in [4.69, 9.17) is 4.74 Å². The SMILES string of the molecule is COc1ccccc1-n1c(=O)n(-c2cccc(Br)c2[N+](=O)[O-])c2ccccc21. The summed E-state index contributed by atoms with van der Waals surface area (Å²) in [6, 6.07) is 19.1. The topological polar surface area (TPSA) is 79.3 Å². The molecular weight excluding hydrogens is 426 g/mol. The molecule has 0 atom stereocenters. The van der Waals surface area contributed by atoms with Gasteiger partial charge in [-0.25, -0.2) is 4.79 Å². The smallest absolute Gasteiger partial charge is 0.338 e. The Hall–Kier alpha value is -3.39. The van der Waals surface area contributed by atoms with Crippen molar-refractivity contribution >= 4 is 32.7 Å². The third-order valence-electron chi connectivity index (χ3n) is 4.46. The standard InChI is InChI=1S/C20H14BrN3O4/c1-28-18-12-5-4-10-16(18)22-14-8-2-3-9-15(14)23(20(22)25)17-11-6-7-13(21)19(17)24(26)27/h2-12H,1H3. The van der Waals surface area contributed by atoms with E-state index >= 15 is 0 Å². The summed E-state index contributed by atoms with van der Waals surface area (Å²) in [5.74, 6) is 0.524. The monoisotopic (exact) mass is 439 g/mol. The van der Waals surface area contributed by atoms with Crippen LogP contribution in [0, 0.1) is 10.1 Å². The number of rotatable bonds is 4. The Morgan fingerprint density at radius 1 is 0.893 bits per heavy atom. The highest BCUT2D eigenvalue weighted by atomic mass is 79.9. The fourth-order valence-corrected chi connectivity index (χ4v) is 3.79. The van der Waals surface area contributed by atoms with Crippen molar-refractivity contribution in [3.63, 3.8) is 0 Å². The summed E-state index contributed by atoms with van der Waals surface area (Å²) in [5.41, 5.74) is 1.32. The predicted octanol–water partition coefficient (Wildman–Crippen LogP) is 4.46. The molecule has 0 spiro atoms. The third-order valence-corrected chi connectivity index (χ3v) is 5.10. The first-order valence-corrected chi connectivity index (χ1v) is 9.13. The van der Waals surface area contributed by atoms with Crippen molar-refractivity contribution in [3.05, 3.63) is 91.8 Å². The van der Waals surface area contributed by atoms with E-state index in [1.807, 2.05) is 12.1 Å². The fourth-order valence-electron chi connectivity index (χ4n) is 3.29. The molecule has 0 unspecified atom stereocenters. The molecule has 1 aromatic heterocycles. The van der Waals surface area contributed by atoms with E-state index in [1.54, 1.807) is 54.6 Å². The Kier molecular flexibility index (Phi) is 4.48. The molecule has 0 saturated carbocycles. The Morgan fingerprint density at radius 2 is 1.46 bits per heavy atom. The molecular formula is C20H14BrN3O4. The van der Waals surface area contributed by atoms with Gasteiger partial charge in [0.15, 0.2) is 0 Å². The molecule has 140 valence electrons. The van der Waals surface area contributed by atoms with Crippen LogP contribution in [0.3, 0.4) is 0 Å². The number of aromatic nitrogens is 2. The maximum Gasteiger partial charge on any atom is 0.338 e. The zero-order valence-corrected chi connectivity index (χ0v) is 16.3. The summed E-state index contributed by atoms with van der Waals surface area (Å²) >= 11 is 3.22. The predicted molar refractivity (Wildman–Crippen MR) is 110 cm³/mol. The first kappa shape index (κ1) is 18.0. The van der Waals surface area contributed by atoms with Gasteiger partial charge in [0, 0.05) is 0 Å². The number of methoxy groups -OCH3 is 1. The van der Waals surface area contributed by atoms with Crippen LogP contribution < -0.4 is 10.4 Å². The highest BCUT2D eigenvalue weighted by Gasteiger charge is 2.25. The molecule has 0 aliphatic rings. The average molecular weight is 440 g/mol. The van der Waals surface area contributed by atoms with Crippen LogP contribution in [0.2, 0.25) is 0 Å². The van der Waals surface area contributed by atoms with Gasteiger partial charge in [0.1, 0.15) is 11.4 Å². The van der Waals surface area contributed by atoms with Crippen molar-refractivity contribution in [2.75, 3.05) is 7.11 Å². The summed E-state index contributed by atoms with van der Waals surface area (Å²) in [6.45, 7) is 0. The third kappa shape index (κ3) is 2.69. The molecule has 0 aliphatic carbocycles. The maximum atomic E-state index is 13.5. The second kappa shape index (κ2) is 6.97. The average Bonchev–Trinajstić information content (AvgIpc) is 2.99. The number of benzene rings is 3. The summed E-state index contributed by atoms with van der Waals surface area (Å²) in [7, 11) is 1.53. The quantitative estimate of drug-likeness (QED) is 0.347. The number of hydrogen-bond acceptors (Lipinski definition) is 4. The number of ether oxygens (including phenoxy) is 1. The Labute approximate surface area is 167 Å². The summed E-state index contributed by atoms with van der Waals surface area (Å²) in [6.07, 6.45) is 0. The number of halogens is 1. The molecule has 28 heavy (non-hydrogen) atoms. The Bertz CT molecular complexity index is 1280. The van der Waals surface area contributed by atoms with Crippen molar-refractivity contribution in [2.24, 2.45) is 0 Å². The van der Waals surface area contributed by atoms with Crippen LogP contribution in [0.5, 0.6) is 5.75 Å². The van der Waals surface area contributed by atoms with Gasteiger partial charge in [-0.05, 0) is 52.3 Å². The maximum absolute atomic E-state index is 13.5. The van der Waals surface area contributed by atoms with Crippen molar-refractivity contribution in [1.29, 1.82) is 0 Å². The van der Waals surface area contributed by atoms with E-state index in [0.717, 1.165) is 0 Å².